The molecule has 2 N–H and O–H groups in total. The van der Waals surface area contributed by atoms with Crippen molar-refractivity contribution in [2.75, 3.05) is 38.2 Å². The first-order valence-corrected chi connectivity index (χ1v) is 12.0. The van der Waals surface area contributed by atoms with Crippen molar-refractivity contribution >= 4 is 17.5 Å². The van der Waals surface area contributed by atoms with Crippen LogP contribution in [0.2, 0.25) is 0 Å². The molecule has 2 heterocycles. The summed E-state index contributed by atoms with van der Waals surface area (Å²) in [6.07, 6.45) is 0.274. The van der Waals surface area contributed by atoms with Gasteiger partial charge in [0.05, 0.1) is 19.2 Å². The van der Waals surface area contributed by atoms with Crippen LogP contribution in [-0.2, 0) is 9.59 Å². The van der Waals surface area contributed by atoms with Crippen LogP contribution in [0, 0.1) is 0 Å². The smallest absolute Gasteiger partial charge is 0.292 e. The fraction of sp³-hybridized carbons (Fsp3) is 0.286. The summed E-state index contributed by atoms with van der Waals surface area (Å²) in [7, 11) is 1.60. The number of carbonyl (C=O) groups excluding carboxylic acids is 2. The number of benzene rings is 3. The van der Waals surface area contributed by atoms with Gasteiger partial charge in [0.15, 0.2) is 6.04 Å². The maximum Gasteiger partial charge on any atom is 0.292 e. The van der Waals surface area contributed by atoms with E-state index in [4.69, 9.17) is 4.74 Å². The highest BCUT2D eigenvalue weighted by molar-refractivity contribution is 6.21. The van der Waals surface area contributed by atoms with Gasteiger partial charge in [0.2, 0.25) is 5.91 Å². The average molecular weight is 458 g/mol. The lowest BCUT2D eigenvalue weighted by molar-refractivity contribution is -1.03. The van der Waals surface area contributed by atoms with Gasteiger partial charge in [-0.15, -0.1) is 0 Å². The number of hydrogen-bond donors (Lipinski definition) is 2. The van der Waals surface area contributed by atoms with Crippen LogP contribution >= 0.6 is 0 Å². The molecule has 2 amide bonds. The Morgan fingerprint density at radius 3 is 1.88 bits per heavy atom. The number of piperazine rings is 1. The highest BCUT2D eigenvalue weighted by Gasteiger charge is 2.47. The molecular formula is C28H31N3O3+2. The van der Waals surface area contributed by atoms with Crippen molar-refractivity contribution in [2.45, 2.75) is 18.5 Å². The number of amides is 2. The van der Waals surface area contributed by atoms with Crippen molar-refractivity contribution in [1.82, 2.24) is 0 Å². The molecule has 5 rings (SSSR count). The topological polar surface area (TPSA) is 55.5 Å². The van der Waals surface area contributed by atoms with E-state index in [9.17, 15) is 9.59 Å². The first-order chi connectivity index (χ1) is 16.7. The number of nitrogens with zero attached hydrogens (tertiary/aromatic N) is 1. The van der Waals surface area contributed by atoms with Crippen molar-refractivity contribution in [3.05, 3.63) is 96.1 Å². The van der Waals surface area contributed by atoms with E-state index in [1.807, 2.05) is 0 Å². The van der Waals surface area contributed by atoms with Crippen LogP contribution in [0.25, 0.3) is 0 Å². The molecule has 3 aromatic rings. The van der Waals surface area contributed by atoms with Crippen LogP contribution in [0.3, 0.4) is 0 Å². The predicted octanol–water partition coefficient (Wildman–Crippen LogP) is 0.900. The first-order valence-electron chi connectivity index (χ1n) is 12.0. The zero-order chi connectivity index (χ0) is 23.5. The average Bonchev–Trinajstić information content (AvgIpc) is 3.19. The van der Waals surface area contributed by atoms with E-state index >= 15 is 0 Å². The molecule has 0 unspecified atom stereocenters. The van der Waals surface area contributed by atoms with Gasteiger partial charge < -0.3 is 14.5 Å². The number of ether oxygens (including phenoxy) is 1. The number of nitrogens with one attached hydrogen (secondary N) is 2. The normalized spacial score (nSPS) is 22.9. The summed E-state index contributed by atoms with van der Waals surface area (Å²) < 4.78 is 5.20. The Kier molecular flexibility index (Phi) is 6.43. The maximum absolute atomic E-state index is 13.3. The standard InChI is InChI=1S/C28H29N3O3/c1-34-24-14-12-23(13-15-24)31-26(32)20-25(28(31)33)29-16-18-30(19-17-29)27(21-8-4-2-5-9-21)22-10-6-3-7-11-22/h2-15,25,27H,16-20H2,1H3/p+2/t25-/m0/s1. The molecule has 174 valence electrons. The largest absolute Gasteiger partial charge is 0.497 e. The summed E-state index contributed by atoms with van der Waals surface area (Å²) in [5.74, 6) is 0.501. The summed E-state index contributed by atoms with van der Waals surface area (Å²) in [5.41, 5.74) is 3.24. The van der Waals surface area contributed by atoms with Gasteiger partial charge in [-0.25, -0.2) is 4.90 Å². The van der Waals surface area contributed by atoms with E-state index in [0.29, 0.717) is 11.4 Å². The van der Waals surface area contributed by atoms with Gasteiger partial charge in [-0.05, 0) is 24.3 Å². The molecule has 34 heavy (non-hydrogen) atoms. The summed E-state index contributed by atoms with van der Waals surface area (Å²) >= 11 is 0. The van der Waals surface area contributed by atoms with E-state index in [-0.39, 0.29) is 30.3 Å². The second-order valence-corrected chi connectivity index (χ2v) is 9.09. The second kappa shape index (κ2) is 9.79. The van der Waals surface area contributed by atoms with Crippen LogP contribution in [0.1, 0.15) is 23.6 Å². The number of carbonyl (C=O) groups is 2. The molecule has 2 aliphatic heterocycles. The van der Waals surface area contributed by atoms with E-state index < -0.39 is 0 Å². The highest BCUT2D eigenvalue weighted by atomic mass is 16.5. The summed E-state index contributed by atoms with van der Waals surface area (Å²) in [5, 5.41) is 0. The quantitative estimate of drug-likeness (QED) is 0.541. The van der Waals surface area contributed by atoms with Crippen molar-refractivity contribution < 1.29 is 24.1 Å². The molecular weight excluding hydrogens is 426 g/mol. The van der Waals surface area contributed by atoms with Crippen LogP contribution in [-0.4, -0.2) is 51.1 Å². The van der Waals surface area contributed by atoms with Gasteiger partial charge >= 0.3 is 0 Å². The lowest BCUT2D eigenvalue weighted by Crippen LogP contribution is -3.30. The minimum absolute atomic E-state index is 0.0868. The first kappa shape index (κ1) is 22.3. The Labute approximate surface area is 200 Å². The molecule has 0 radical (unpaired) electrons. The molecule has 0 aromatic heterocycles. The van der Waals surface area contributed by atoms with E-state index in [0.717, 1.165) is 26.2 Å². The number of anilines is 1. The molecule has 6 nitrogen and oxygen atoms in total. The van der Waals surface area contributed by atoms with Gasteiger partial charge in [0, 0.05) is 11.1 Å². The number of methoxy groups -OCH3 is 1. The fourth-order valence-electron chi connectivity index (χ4n) is 5.44. The lowest BCUT2D eigenvalue weighted by Gasteiger charge is -2.36. The zero-order valence-corrected chi connectivity index (χ0v) is 19.4. The third-order valence-corrected chi connectivity index (χ3v) is 7.18. The summed E-state index contributed by atoms with van der Waals surface area (Å²) in [4.78, 5) is 30.1. The third kappa shape index (κ3) is 4.34. The number of hydrogen-bond acceptors (Lipinski definition) is 3. The van der Waals surface area contributed by atoms with Crippen molar-refractivity contribution in [3.8, 4) is 5.75 Å². The Balaban J connectivity index is 1.29. The van der Waals surface area contributed by atoms with Crippen molar-refractivity contribution in [2.24, 2.45) is 0 Å². The molecule has 3 aromatic carbocycles. The molecule has 0 spiro atoms. The molecule has 1 atom stereocenters. The SMILES string of the molecule is COc1ccc(N2C(=O)C[C@H]([NH+]3CC[NH+](C(c4ccccc4)c4ccccc4)CC3)C2=O)cc1. The van der Waals surface area contributed by atoms with E-state index in [1.165, 1.54) is 25.8 Å². The van der Waals surface area contributed by atoms with Crippen LogP contribution in [0.15, 0.2) is 84.9 Å². The molecule has 2 aliphatic rings. The van der Waals surface area contributed by atoms with Gasteiger partial charge in [-0.2, -0.15) is 0 Å². The lowest BCUT2D eigenvalue weighted by atomic mass is 9.96. The van der Waals surface area contributed by atoms with Gasteiger partial charge in [0.1, 0.15) is 38.0 Å². The minimum atomic E-state index is -0.303. The molecule has 2 saturated heterocycles. The highest BCUT2D eigenvalue weighted by Crippen LogP contribution is 2.24. The molecule has 0 saturated carbocycles. The van der Waals surface area contributed by atoms with Crippen LogP contribution in [0.5, 0.6) is 5.75 Å². The van der Waals surface area contributed by atoms with E-state index in [1.54, 1.807) is 31.4 Å². The van der Waals surface area contributed by atoms with E-state index in [2.05, 4.69) is 60.7 Å². The Morgan fingerprint density at radius 1 is 0.794 bits per heavy atom. The van der Waals surface area contributed by atoms with Crippen molar-refractivity contribution in [3.63, 3.8) is 0 Å². The van der Waals surface area contributed by atoms with Gasteiger partial charge in [-0.3, -0.25) is 9.59 Å². The summed E-state index contributed by atoms with van der Waals surface area (Å²) in [6, 6.07) is 28.4. The maximum atomic E-state index is 13.3. The minimum Gasteiger partial charge on any atom is -0.497 e. The van der Waals surface area contributed by atoms with Crippen LogP contribution in [0.4, 0.5) is 5.69 Å². The Morgan fingerprint density at radius 2 is 1.35 bits per heavy atom. The predicted molar refractivity (Wildman–Crippen MR) is 130 cm³/mol. The molecule has 6 heteroatoms. The molecule has 2 fully saturated rings. The Bertz CT molecular complexity index is 1090. The van der Waals surface area contributed by atoms with Crippen LogP contribution < -0.4 is 19.4 Å². The second-order valence-electron chi connectivity index (χ2n) is 9.09. The molecule has 0 aliphatic carbocycles. The monoisotopic (exact) mass is 457 g/mol. The number of quaternary nitrogens is 2. The third-order valence-electron chi connectivity index (χ3n) is 7.18. The zero-order valence-electron chi connectivity index (χ0n) is 19.4. The Hall–Kier alpha value is -3.48. The fourth-order valence-corrected chi connectivity index (χ4v) is 5.44. The van der Waals surface area contributed by atoms with Gasteiger partial charge in [0.25, 0.3) is 5.91 Å². The van der Waals surface area contributed by atoms with Gasteiger partial charge in [-0.1, -0.05) is 60.7 Å². The summed E-state index contributed by atoms with van der Waals surface area (Å²) in [6.45, 7) is 3.63. The van der Waals surface area contributed by atoms with Crippen molar-refractivity contribution in [1.29, 1.82) is 0 Å². The molecule has 0 bridgehead atoms. The number of rotatable bonds is 6. The number of imide groups is 1.